The summed E-state index contributed by atoms with van der Waals surface area (Å²) in [6.07, 6.45) is 0.869. The first kappa shape index (κ1) is 20.1. The van der Waals surface area contributed by atoms with Gasteiger partial charge in [0.2, 0.25) is 5.76 Å². The maximum absolute atomic E-state index is 13.6. The molecule has 5 rings (SSSR count). The van der Waals surface area contributed by atoms with Gasteiger partial charge in [-0.3, -0.25) is 14.5 Å². The summed E-state index contributed by atoms with van der Waals surface area (Å²) in [4.78, 5) is 28.6. The topological polar surface area (TPSA) is 85.8 Å². The van der Waals surface area contributed by atoms with Crippen molar-refractivity contribution in [3.8, 4) is 5.75 Å². The fourth-order valence-electron chi connectivity index (χ4n) is 4.10. The van der Waals surface area contributed by atoms with Gasteiger partial charge in [0.25, 0.3) is 5.91 Å². The Balaban J connectivity index is 1.76. The third-order valence-corrected chi connectivity index (χ3v) is 5.53. The average Bonchev–Trinajstić information content (AvgIpc) is 3.34. The molecule has 0 aliphatic carbocycles. The Labute approximate surface area is 184 Å². The molecule has 1 aliphatic rings. The van der Waals surface area contributed by atoms with Crippen LogP contribution in [0.15, 0.2) is 62.3 Å². The molecule has 0 saturated heterocycles. The largest absolute Gasteiger partial charge is 0.494 e. The zero-order valence-corrected chi connectivity index (χ0v) is 18.0. The van der Waals surface area contributed by atoms with E-state index in [9.17, 15) is 9.59 Å². The van der Waals surface area contributed by atoms with Crippen LogP contribution in [0.4, 0.5) is 5.82 Å². The van der Waals surface area contributed by atoms with E-state index in [1.807, 2.05) is 44.2 Å². The molecule has 0 fully saturated rings. The maximum Gasteiger partial charge on any atom is 0.296 e. The molecule has 0 unspecified atom stereocenters. The SMILES string of the molecule is CCCOc1cccc([C@H]2c3c(oc4ccc(C)cc4c3=O)C(=O)N2c2cc(C)on2)c1. The van der Waals surface area contributed by atoms with Crippen LogP contribution in [0.2, 0.25) is 0 Å². The third-order valence-electron chi connectivity index (χ3n) is 5.53. The molecule has 1 amide bonds. The molecule has 162 valence electrons. The number of ether oxygens (including phenoxy) is 1. The van der Waals surface area contributed by atoms with Gasteiger partial charge in [0.15, 0.2) is 11.2 Å². The Morgan fingerprint density at radius 2 is 1.94 bits per heavy atom. The molecule has 7 heteroatoms. The van der Waals surface area contributed by atoms with Gasteiger partial charge in [0.1, 0.15) is 17.1 Å². The molecule has 3 heterocycles. The summed E-state index contributed by atoms with van der Waals surface area (Å²) in [5, 5.41) is 4.49. The van der Waals surface area contributed by atoms with Crippen LogP contribution < -0.4 is 15.1 Å². The number of aryl methyl sites for hydroxylation is 2. The molecule has 0 radical (unpaired) electrons. The van der Waals surface area contributed by atoms with Crippen LogP contribution in [0, 0.1) is 13.8 Å². The summed E-state index contributed by atoms with van der Waals surface area (Å²) in [6.45, 7) is 6.26. The number of hydrogen-bond acceptors (Lipinski definition) is 6. The lowest BCUT2D eigenvalue weighted by atomic mass is 9.98. The number of fused-ring (bicyclic) bond motifs is 2. The number of amides is 1. The lowest BCUT2D eigenvalue weighted by Crippen LogP contribution is -2.29. The van der Waals surface area contributed by atoms with E-state index in [-0.39, 0.29) is 11.2 Å². The van der Waals surface area contributed by atoms with Crippen LogP contribution in [0.5, 0.6) is 5.75 Å². The van der Waals surface area contributed by atoms with Crippen LogP contribution in [0.1, 0.15) is 52.4 Å². The summed E-state index contributed by atoms with van der Waals surface area (Å²) in [7, 11) is 0. The molecule has 2 aromatic heterocycles. The van der Waals surface area contributed by atoms with Crippen LogP contribution in [-0.4, -0.2) is 17.7 Å². The number of nitrogens with zero attached hydrogens (tertiary/aromatic N) is 2. The minimum absolute atomic E-state index is 0.0249. The van der Waals surface area contributed by atoms with Crippen molar-refractivity contribution in [2.45, 2.75) is 33.2 Å². The molecule has 1 atom stereocenters. The van der Waals surface area contributed by atoms with Crippen molar-refractivity contribution in [3.05, 3.63) is 87.0 Å². The van der Waals surface area contributed by atoms with Crippen LogP contribution in [0.3, 0.4) is 0 Å². The first-order valence-corrected chi connectivity index (χ1v) is 10.5. The van der Waals surface area contributed by atoms with Crippen molar-refractivity contribution in [1.82, 2.24) is 5.16 Å². The van der Waals surface area contributed by atoms with Gasteiger partial charge in [-0.05, 0) is 50.1 Å². The molecule has 0 bridgehead atoms. The molecule has 2 aromatic carbocycles. The molecule has 0 saturated carbocycles. The molecule has 1 aliphatic heterocycles. The summed E-state index contributed by atoms with van der Waals surface area (Å²) < 4.78 is 17.0. The van der Waals surface area contributed by atoms with E-state index >= 15 is 0 Å². The third kappa shape index (κ3) is 3.17. The smallest absolute Gasteiger partial charge is 0.296 e. The van der Waals surface area contributed by atoms with E-state index < -0.39 is 11.9 Å². The van der Waals surface area contributed by atoms with E-state index in [2.05, 4.69) is 5.16 Å². The van der Waals surface area contributed by atoms with Gasteiger partial charge in [0, 0.05) is 6.07 Å². The number of anilines is 1. The first-order chi connectivity index (χ1) is 15.5. The average molecular weight is 430 g/mol. The van der Waals surface area contributed by atoms with E-state index in [1.165, 1.54) is 4.90 Å². The van der Waals surface area contributed by atoms with Gasteiger partial charge < -0.3 is 13.7 Å². The van der Waals surface area contributed by atoms with E-state index in [1.54, 1.807) is 25.1 Å². The number of rotatable bonds is 5. The molecule has 0 N–H and O–H groups in total. The minimum Gasteiger partial charge on any atom is -0.494 e. The number of aromatic nitrogens is 1. The van der Waals surface area contributed by atoms with Crippen molar-refractivity contribution in [2.24, 2.45) is 0 Å². The Hall–Kier alpha value is -3.87. The van der Waals surface area contributed by atoms with Gasteiger partial charge in [-0.1, -0.05) is 35.8 Å². The minimum atomic E-state index is -0.715. The number of hydrogen-bond donors (Lipinski definition) is 0. The van der Waals surface area contributed by atoms with Crippen LogP contribution >= 0.6 is 0 Å². The second-order valence-electron chi connectivity index (χ2n) is 7.97. The zero-order valence-electron chi connectivity index (χ0n) is 18.0. The maximum atomic E-state index is 13.6. The van der Waals surface area contributed by atoms with Gasteiger partial charge in [-0.15, -0.1) is 0 Å². The monoisotopic (exact) mass is 430 g/mol. The first-order valence-electron chi connectivity index (χ1n) is 10.5. The number of benzene rings is 2. The predicted molar refractivity (Wildman–Crippen MR) is 119 cm³/mol. The van der Waals surface area contributed by atoms with E-state index in [0.29, 0.717) is 40.5 Å². The van der Waals surface area contributed by atoms with Crippen molar-refractivity contribution in [3.63, 3.8) is 0 Å². The van der Waals surface area contributed by atoms with E-state index in [4.69, 9.17) is 13.7 Å². The molecule has 32 heavy (non-hydrogen) atoms. The summed E-state index contributed by atoms with van der Waals surface area (Å²) in [5.41, 5.74) is 2.10. The quantitative estimate of drug-likeness (QED) is 0.446. The van der Waals surface area contributed by atoms with Crippen LogP contribution in [0.25, 0.3) is 11.0 Å². The fraction of sp³-hybridized carbons (Fsp3) is 0.240. The highest BCUT2D eigenvalue weighted by Gasteiger charge is 2.45. The van der Waals surface area contributed by atoms with Gasteiger partial charge in [0.05, 0.1) is 23.6 Å². The van der Waals surface area contributed by atoms with Gasteiger partial charge in [-0.25, -0.2) is 0 Å². The Kier molecular flexibility index (Phi) is 4.81. The molecular formula is C25H22N2O5. The Morgan fingerprint density at radius 1 is 1.09 bits per heavy atom. The van der Waals surface area contributed by atoms with Crippen LogP contribution in [-0.2, 0) is 0 Å². The van der Waals surface area contributed by atoms with Gasteiger partial charge in [-0.2, -0.15) is 0 Å². The molecular weight excluding hydrogens is 408 g/mol. The lowest BCUT2D eigenvalue weighted by molar-refractivity contribution is 0.0969. The lowest BCUT2D eigenvalue weighted by Gasteiger charge is -2.22. The van der Waals surface area contributed by atoms with Gasteiger partial charge >= 0.3 is 0 Å². The Bertz CT molecular complexity index is 1400. The van der Waals surface area contributed by atoms with Crippen molar-refractivity contribution in [2.75, 3.05) is 11.5 Å². The highest BCUT2D eigenvalue weighted by Crippen LogP contribution is 2.41. The van der Waals surface area contributed by atoms with E-state index in [0.717, 1.165) is 17.5 Å². The summed E-state index contributed by atoms with van der Waals surface area (Å²) >= 11 is 0. The molecule has 0 spiro atoms. The van der Waals surface area contributed by atoms with Crippen molar-refractivity contribution in [1.29, 1.82) is 0 Å². The number of carbonyl (C=O) groups excluding carboxylic acids is 1. The highest BCUT2D eigenvalue weighted by molar-refractivity contribution is 6.10. The fourth-order valence-corrected chi connectivity index (χ4v) is 4.10. The summed E-state index contributed by atoms with van der Waals surface area (Å²) in [5.74, 6) is 1.14. The second-order valence-corrected chi connectivity index (χ2v) is 7.97. The predicted octanol–water partition coefficient (Wildman–Crippen LogP) is 4.94. The molecule has 4 aromatic rings. The zero-order chi connectivity index (χ0) is 22.4. The number of carbonyl (C=O) groups is 1. The second kappa shape index (κ2) is 7.67. The molecule has 7 nitrogen and oxygen atoms in total. The standard InChI is InChI=1S/C25H22N2O5/c1-4-10-30-17-7-5-6-16(13-17)22-21-23(28)18-11-14(2)8-9-19(18)31-24(21)25(29)27(22)20-12-15(3)32-26-20/h5-9,11-13,22H,4,10H2,1-3H3/t22-/m0/s1. The Morgan fingerprint density at radius 3 is 2.69 bits per heavy atom. The van der Waals surface area contributed by atoms with Crippen molar-refractivity contribution < 1.29 is 18.5 Å². The van der Waals surface area contributed by atoms with Crippen molar-refractivity contribution >= 4 is 22.7 Å². The highest BCUT2D eigenvalue weighted by atomic mass is 16.5. The summed E-state index contributed by atoms with van der Waals surface area (Å²) in [6, 6.07) is 13.7. The normalized spacial score (nSPS) is 15.4.